The number of piperidine rings is 1. The number of rotatable bonds is 4. The summed E-state index contributed by atoms with van der Waals surface area (Å²) in [5, 5.41) is 3.68. The van der Waals surface area contributed by atoms with E-state index in [4.69, 9.17) is 0 Å². The molecule has 0 amide bonds. The Hall–Kier alpha value is -1.55. The van der Waals surface area contributed by atoms with Gasteiger partial charge in [-0.3, -0.25) is 0 Å². The summed E-state index contributed by atoms with van der Waals surface area (Å²) in [6.45, 7) is 6.65. The molecule has 112 valence electrons. The molecule has 1 aromatic carbocycles. The van der Waals surface area contributed by atoms with Crippen molar-refractivity contribution in [3.05, 3.63) is 40.3 Å². The molecule has 0 radical (unpaired) electrons. The third kappa shape index (κ3) is 3.21. The minimum absolute atomic E-state index is 0.295. The summed E-state index contributed by atoms with van der Waals surface area (Å²) in [4.78, 5) is 8.19. The Kier molecular flexibility index (Phi) is 4.44. The fourth-order valence-corrected chi connectivity index (χ4v) is 3.84. The number of para-hydroxylation sites is 2. The van der Waals surface area contributed by atoms with Gasteiger partial charge in [0.2, 0.25) is 0 Å². The first kappa shape index (κ1) is 14.4. The lowest BCUT2D eigenvalue weighted by atomic mass is 10.1. The maximum absolute atomic E-state index is 4.36. The van der Waals surface area contributed by atoms with E-state index in [0.29, 0.717) is 6.04 Å². The van der Waals surface area contributed by atoms with Crippen molar-refractivity contribution in [2.75, 3.05) is 23.3 Å². The molecular formula is C17H23N3S. The Labute approximate surface area is 131 Å². The molecule has 21 heavy (non-hydrogen) atoms. The van der Waals surface area contributed by atoms with Crippen molar-refractivity contribution < 1.29 is 0 Å². The molecule has 1 atom stereocenters. The van der Waals surface area contributed by atoms with Crippen LogP contribution in [0, 0.1) is 6.92 Å². The van der Waals surface area contributed by atoms with Gasteiger partial charge in [-0.2, -0.15) is 0 Å². The summed E-state index contributed by atoms with van der Waals surface area (Å²) in [5.41, 5.74) is 5.64. The minimum Gasteiger partial charge on any atom is -0.376 e. The molecule has 2 heterocycles. The van der Waals surface area contributed by atoms with Gasteiger partial charge in [0.25, 0.3) is 0 Å². The number of nitrogens with one attached hydrogen (secondary N) is 1. The molecule has 1 fully saturated rings. The predicted molar refractivity (Wildman–Crippen MR) is 91.4 cm³/mol. The number of hydrogen-bond donors (Lipinski definition) is 1. The normalized spacial score (nSPS) is 16.8. The van der Waals surface area contributed by atoms with Crippen molar-refractivity contribution in [3.8, 4) is 0 Å². The number of benzene rings is 1. The highest BCUT2D eigenvalue weighted by atomic mass is 32.1. The van der Waals surface area contributed by atoms with Crippen molar-refractivity contribution >= 4 is 22.7 Å². The van der Waals surface area contributed by atoms with Gasteiger partial charge in [0.1, 0.15) is 0 Å². The maximum atomic E-state index is 4.36. The maximum Gasteiger partial charge on any atom is 0.0798 e. The lowest BCUT2D eigenvalue weighted by molar-refractivity contribution is 0.578. The predicted octanol–water partition coefficient (Wildman–Crippen LogP) is 4.61. The van der Waals surface area contributed by atoms with Crippen molar-refractivity contribution in [1.82, 2.24) is 4.98 Å². The molecule has 0 aliphatic carbocycles. The van der Waals surface area contributed by atoms with Crippen molar-refractivity contribution in [1.29, 1.82) is 0 Å². The zero-order valence-corrected chi connectivity index (χ0v) is 13.6. The summed E-state index contributed by atoms with van der Waals surface area (Å²) in [6.07, 6.45) is 3.97. The number of thiazole rings is 1. The van der Waals surface area contributed by atoms with Crippen molar-refractivity contribution in [3.63, 3.8) is 0 Å². The fourth-order valence-electron chi connectivity index (χ4n) is 3.03. The summed E-state index contributed by atoms with van der Waals surface area (Å²) < 4.78 is 0. The van der Waals surface area contributed by atoms with E-state index in [1.807, 2.05) is 5.51 Å². The summed E-state index contributed by atoms with van der Waals surface area (Å²) in [5.74, 6) is 0. The molecule has 1 N–H and O–H groups in total. The van der Waals surface area contributed by atoms with E-state index in [2.05, 4.69) is 53.3 Å². The molecule has 1 unspecified atom stereocenters. The first-order valence-electron chi connectivity index (χ1n) is 7.76. The second-order valence-electron chi connectivity index (χ2n) is 5.73. The first-order valence-corrected chi connectivity index (χ1v) is 8.64. The van der Waals surface area contributed by atoms with Gasteiger partial charge < -0.3 is 10.2 Å². The lowest BCUT2D eigenvalue weighted by Gasteiger charge is -2.31. The van der Waals surface area contributed by atoms with Gasteiger partial charge in [-0.05, 0) is 45.2 Å². The Bertz CT molecular complexity index is 587. The van der Waals surface area contributed by atoms with Crippen molar-refractivity contribution in [2.45, 2.75) is 39.2 Å². The standard InChI is InChI=1S/C17H23N3S/c1-13-17(21-12-18-13)14(2)19-15-8-4-5-9-16(15)20-10-6-3-7-11-20/h4-5,8-9,12,14,19H,3,6-7,10-11H2,1-2H3. The Balaban J connectivity index is 1.80. The van der Waals surface area contributed by atoms with Crippen LogP contribution in [0.25, 0.3) is 0 Å². The molecule has 1 saturated heterocycles. The largest absolute Gasteiger partial charge is 0.376 e. The molecule has 0 spiro atoms. The first-order chi connectivity index (χ1) is 10.3. The van der Waals surface area contributed by atoms with Gasteiger partial charge in [0, 0.05) is 18.0 Å². The number of aryl methyl sites for hydroxylation is 1. The smallest absolute Gasteiger partial charge is 0.0798 e. The zero-order valence-electron chi connectivity index (χ0n) is 12.8. The molecule has 0 bridgehead atoms. The molecule has 3 nitrogen and oxygen atoms in total. The summed E-state index contributed by atoms with van der Waals surface area (Å²) in [6, 6.07) is 8.97. The summed E-state index contributed by atoms with van der Waals surface area (Å²) >= 11 is 1.73. The monoisotopic (exact) mass is 301 g/mol. The van der Waals surface area contributed by atoms with Crippen LogP contribution in [0.15, 0.2) is 29.8 Å². The average molecular weight is 301 g/mol. The van der Waals surface area contributed by atoms with Crippen LogP contribution in [0.4, 0.5) is 11.4 Å². The van der Waals surface area contributed by atoms with E-state index in [1.165, 1.54) is 48.6 Å². The van der Waals surface area contributed by atoms with Gasteiger partial charge in [-0.1, -0.05) is 12.1 Å². The van der Waals surface area contributed by atoms with Crippen LogP contribution in [-0.4, -0.2) is 18.1 Å². The SMILES string of the molecule is Cc1ncsc1C(C)Nc1ccccc1N1CCCCC1. The Morgan fingerprint density at radius 2 is 1.95 bits per heavy atom. The molecule has 3 rings (SSSR count). The molecule has 1 aliphatic rings. The zero-order chi connectivity index (χ0) is 14.7. The minimum atomic E-state index is 0.295. The van der Waals surface area contributed by atoms with Crippen LogP contribution in [0.3, 0.4) is 0 Å². The van der Waals surface area contributed by atoms with Gasteiger partial charge in [-0.25, -0.2) is 4.98 Å². The van der Waals surface area contributed by atoms with Crippen LogP contribution in [0.1, 0.15) is 42.8 Å². The lowest BCUT2D eigenvalue weighted by Crippen LogP contribution is -2.30. The van der Waals surface area contributed by atoms with E-state index < -0.39 is 0 Å². The highest BCUT2D eigenvalue weighted by Gasteiger charge is 2.17. The van der Waals surface area contributed by atoms with E-state index in [1.54, 1.807) is 11.3 Å². The second kappa shape index (κ2) is 6.48. The molecule has 2 aromatic rings. The molecule has 1 aliphatic heterocycles. The van der Waals surface area contributed by atoms with Crippen LogP contribution in [0.5, 0.6) is 0 Å². The molecule has 1 aromatic heterocycles. The number of nitrogens with zero attached hydrogens (tertiary/aromatic N) is 2. The van der Waals surface area contributed by atoms with Gasteiger partial charge in [-0.15, -0.1) is 11.3 Å². The quantitative estimate of drug-likeness (QED) is 0.893. The van der Waals surface area contributed by atoms with Gasteiger partial charge in [0.15, 0.2) is 0 Å². The third-order valence-corrected chi connectivity index (χ3v) is 5.26. The van der Waals surface area contributed by atoms with E-state index in [-0.39, 0.29) is 0 Å². The second-order valence-corrected chi connectivity index (χ2v) is 6.62. The van der Waals surface area contributed by atoms with Crippen LogP contribution >= 0.6 is 11.3 Å². The molecule has 4 heteroatoms. The van der Waals surface area contributed by atoms with Gasteiger partial charge in [0.05, 0.1) is 28.6 Å². The third-order valence-electron chi connectivity index (χ3n) is 4.15. The van der Waals surface area contributed by atoms with E-state index >= 15 is 0 Å². The highest BCUT2D eigenvalue weighted by Crippen LogP contribution is 2.32. The molecular weight excluding hydrogens is 278 g/mol. The number of anilines is 2. The highest BCUT2D eigenvalue weighted by molar-refractivity contribution is 7.09. The van der Waals surface area contributed by atoms with Crippen LogP contribution in [-0.2, 0) is 0 Å². The number of aromatic nitrogens is 1. The van der Waals surface area contributed by atoms with Crippen LogP contribution in [0.2, 0.25) is 0 Å². The Morgan fingerprint density at radius 3 is 2.67 bits per heavy atom. The van der Waals surface area contributed by atoms with E-state index in [0.717, 1.165) is 5.69 Å². The molecule has 0 saturated carbocycles. The van der Waals surface area contributed by atoms with E-state index in [9.17, 15) is 0 Å². The van der Waals surface area contributed by atoms with Crippen LogP contribution < -0.4 is 10.2 Å². The summed E-state index contributed by atoms with van der Waals surface area (Å²) in [7, 11) is 0. The average Bonchev–Trinajstić information content (AvgIpc) is 2.95. The van der Waals surface area contributed by atoms with Gasteiger partial charge >= 0.3 is 0 Å². The Morgan fingerprint density at radius 1 is 1.19 bits per heavy atom. The van der Waals surface area contributed by atoms with Crippen molar-refractivity contribution in [2.24, 2.45) is 0 Å². The topological polar surface area (TPSA) is 28.2 Å². The number of hydrogen-bond acceptors (Lipinski definition) is 4. The fraction of sp³-hybridized carbons (Fsp3) is 0.471.